The highest BCUT2D eigenvalue weighted by molar-refractivity contribution is 6.00. The number of nitrogens with two attached hydrogens (primary N) is 1. The minimum absolute atomic E-state index is 0.0657. The number of nitrogen functional groups attached to an aromatic ring is 1. The Kier molecular flexibility index (Phi) is 3.07. The third-order valence-corrected chi connectivity index (χ3v) is 3.13. The highest BCUT2D eigenvalue weighted by Gasteiger charge is 2.31. The SMILES string of the molecule is CC1(C)COCCN1c1ccccc1C(=N)N. The van der Waals surface area contributed by atoms with E-state index in [1.165, 1.54) is 0 Å². The summed E-state index contributed by atoms with van der Waals surface area (Å²) in [7, 11) is 0. The third kappa shape index (κ3) is 2.26. The van der Waals surface area contributed by atoms with Gasteiger partial charge in [0, 0.05) is 17.8 Å². The number of nitrogens with one attached hydrogen (secondary N) is 1. The average molecular weight is 233 g/mol. The second-order valence-corrected chi connectivity index (χ2v) is 4.95. The number of benzene rings is 1. The lowest BCUT2D eigenvalue weighted by atomic mass is 9.99. The maximum absolute atomic E-state index is 7.64. The fraction of sp³-hybridized carbons (Fsp3) is 0.462. The standard InChI is InChI=1S/C13H19N3O/c1-13(2)9-17-8-7-16(13)11-6-4-3-5-10(11)12(14)15/h3-6H,7-9H2,1-2H3,(H3,14,15). The van der Waals surface area contributed by atoms with Gasteiger partial charge in [-0.3, -0.25) is 5.41 Å². The van der Waals surface area contributed by atoms with E-state index >= 15 is 0 Å². The van der Waals surface area contributed by atoms with E-state index < -0.39 is 0 Å². The van der Waals surface area contributed by atoms with Gasteiger partial charge in [0.2, 0.25) is 0 Å². The van der Waals surface area contributed by atoms with E-state index in [0.717, 1.165) is 24.4 Å². The zero-order valence-corrected chi connectivity index (χ0v) is 10.4. The van der Waals surface area contributed by atoms with Crippen LogP contribution in [0.4, 0.5) is 5.69 Å². The third-order valence-electron chi connectivity index (χ3n) is 3.13. The molecule has 1 saturated heterocycles. The number of para-hydroxylation sites is 1. The van der Waals surface area contributed by atoms with Crippen molar-refractivity contribution in [3.63, 3.8) is 0 Å². The van der Waals surface area contributed by atoms with Crippen LogP contribution in [0.25, 0.3) is 0 Å². The average Bonchev–Trinajstić information content (AvgIpc) is 2.28. The molecular weight excluding hydrogens is 214 g/mol. The van der Waals surface area contributed by atoms with Crippen LogP contribution in [0.2, 0.25) is 0 Å². The van der Waals surface area contributed by atoms with Gasteiger partial charge in [-0.05, 0) is 26.0 Å². The number of nitrogens with zero attached hydrogens (tertiary/aromatic N) is 1. The molecule has 0 unspecified atom stereocenters. The molecule has 0 aliphatic carbocycles. The van der Waals surface area contributed by atoms with Crippen LogP contribution in [-0.2, 0) is 4.74 Å². The monoisotopic (exact) mass is 233 g/mol. The van der Waals surface area contributed by atoms with E-state index in [-0.39, 0.29) is 11.4 Å². The van der Waals surface area contributed by atoms with Gasteiger partial charge in [-0.25, -0.2) is 0 Å². The van der Waals surface area contributed by atoms with Gasteiger partial charge >= 0.3 is 0 Å². The number of amidine groups is 1. The second kappa shape index (κ2) is 4.37. The molecule has 0 radical (unpaired) electrons. The summed E-state index contributed by atoms with van der Waals surface area (Å²) in [5.41, 5.74) is 7.39. The number of hydrogen-bond donors (Lipinski definition) is 2. The first-order chi connectivity index (χ1) is 8.02. The molecule has 1 aromatic carbocycles. The van der Waals surface area contributed by atoms with Crippen molar-refractivity contribution >= 4 is 11.5 Å². The second-order valence-electron chi connectivity index (χ2n) is 4.95. The van der Waals surface area contributed by atoms with Gasteiger partial charge in [-0.15, -0.1) is 0 Å². The summed E-state index contributed by atoms with van der Waals surface area (Å²) in [6.07, 6.45) is 0. The molecule has 92 valence electrons. The summed E-state index contributed by atoms with van der Waals surface area (Å²) in [5, 5.41) is 7.64. The molecule has 2 rings (SSSR count). The van der Waals surface area contributed by atoms with Gasteiger partial charge in [0.05, 0.1) is 18.8 Å². The molecule has 1 heterocycles. The summed E-state index contributed by atoms with van der Waals surface area (Å²) >= 11 is 0. The van der Waals surface area contributed by atoms with E-state index in [4.69, 9.17) is 15.9 Å². The van der Waals surface area contributed by atoms with Crippen molar-refractivity contribution in [1.29, 1.82) is 5.41 Å². The largest absolute Gasteiger partial charge is 0.384 e. The first kappa shape index (κ1) is 11.9. The quantitative estimate of drug-likeness (QED) is 0.602. The minimum atomic E-state index is -0.0657. The lowest BCUT2D eigenvalue weighted by Crippen LogP contribution is -2.53. The van der Waals surface area contributed by atoms with Crippen LogP contribution < -0.4 is 10.6 Å². The van der Waals surface area contributed by atoms with Crippen molar-refractivity contribution in [1.82, 2.24) is 0 Å². The first-order valence-electron chi connectivity index (χ1n) is 5.81. The van der Waals surface area contributed by atoms with Crippen molar-refractivity contribution in [2.75, 3.05) is 24.7 Å². The van der Waals surface area contributed by atoms with Crippen LogP contribution >= 0.6 is 0 Å². The molecular formula is C13H19N3O. The summed E-state index contributed by atoms with van der Waals surface area (Å²) in [6.45, 7) is 6.53. The Balaban J connectivity index is 2.42. The molecule has 0 atom stereocenters. The molecule has 1 aromatic rings. The van der Waals surface area contributed by atoms with Crippen molar-refractivity contribution < 1.29 is 4.74 Å². The van der Waals surface area contributed by atoms with Crippen LogP contribution in [0, 0.1) is 5.41 Å². The normalized spacial score (nSPS) is 19.1. The molecule has 0 spiro atoms. The lowest BCUT2D eigenvalue weighted by Gasteiger charge is -2.44. The van der Waals surface area contributed by atoms with E-state index in [1.54, 1.807) is 0 Å². The summed E-state index contributed by atoms with van der Waals surface area (Å²) < 4.78 is 5.51. The zero-order chi connectivity index (χ0) is 12.5. The van der Waals surface area contributed by atoms with E-state index in [2.05, 4.69) is 18.7 Å². The molecule has 0 aromatic heterocycles. The molecule has 0 saturated carbocycles. The molecule has 4 heteroatoms. The Labute approximate surface area is 102 Å². The number of ether oxygens (including phenoxy) is 1. The van der Waals surface area contributed by atoms with Crippen molar-refractivity contribution in [3.05, 3.63) is 29.8 Å². The highest BCUT2D eigenvalue weighted by atomic mass is 16.5. The van der Waals surface area contributed by atoms with Gasteiger partial charge in [0.15, 0.2) is 0 Å². The number of rotatable bonds is 2. The van der Waals surface area contributed by atoms with Crippen LogP contribution in [0.1, 0.15) is 19.4 Å². The number of anilines is 1. The van der Waals surface area contributed by atoms with Crippen molar-refractivity contribution in [2.24, 2.45) is 5.73 Å². The predicted molar refractivity (Wildman–Crippen MR) is 69.7 cm³/mol. The molecule has 1 aliphatic heterocycles. The summed E-state index contributed by atoms with van der Waals surface area (Å²) in [5.74, 6) is 0.114. The van der Waals surface area contributed by atoms with Crippen LogP contribution in [0.15, 0.2) is 24.3 Å². The van der Waals surface area contributed by atoms with Crippen LogP contribution in [0.5, 0.6) is 0 Å². The smallest absolute Gasteiger partial charge is 0.124 e. The van der Waals surface area contributed by atoms with Crippen LogP contribution in [0.3, 0.4) is 0 Å². The molecule has 0 bridgehead atoms. The lowest BCUT2D eigenvalue weighted by molar-refractivity contribution is 0.0644. The van der Waals surface area contributed by atoms with Gasteiger partial charge in [-0.1, -0.05) is 12.1 Å². The Hall–Kier alpha value is -1.55. The maximum Gasteiger partial charge on any atom is 0.124 e. The molecule has 0 amide bonds. The van der Waals surface area contributed by atoms with Crippen molar-refractivity contribution in [2.45, 2.75) is 19.4 Å². The Morgan fingerprint density at radius 3 is 2.76 bits per heavy atom. The Bertz CT molecular complexity index is 428. The van der Waals surface area contributed by atoms with Gasteiger partial charge in [0.25, 0.3) is 0 Å². The molecule has 1 aliphatic rings. The predicted octanol–water partition coefficient (Wildman–Crippen LogP) is 1.59. The molecule has 3 N–H and O–H groups in total. The summed E-state index contributed by atoms with van der Waals surface area (Å²) in [4.78, 5) is 2.27. The van der Waals surface area contributed by atoms with Crippen molar-refractivity contribution in [3.8, 4) is 0 Å². The highest BCUT2D eigenvalue weighted by Crippen LogP contribution is 2.29. The molecule has 17 heavy (non-hydrogen) atoms. The van der Waals surface area contributed by atoms with Gasteiger partial charge in [0.1, 0.15) is 5.84 Å². The van der Waals surface area contributed by atoms with E-state index in [1.807, 2.05) is 24.3 Å². The number of hydrogen-bond acceptors (Lipinski definition) is 3. The summed E-state index contributed by atoms with van der Waals surface area (Å²) in [6, 6.07) is 7.80. The minimum Gasteiger partial charge on any atom is -0.384 e. The molecule has 4 nitrogen and oxygen atoms in total. The Morgan fingerprint density at radius 2 is 2.12 bits per heavy atom. The fourth-order valence-electron chi connectivity index (χ4n) is 2.24. The van der Waals surface area contributed by atoms with Gasteiger partial charge < -0.3 is 15.4 Å². The van der Waals surface area contributed by atoms with E-state index in [9.17, 15) is 0 Å². The Morgan fingerprint density at radius 1 is 1.41 bits per heavy atom. The number of morpholine rings is 1. The maximum atomic E-state index is 7.64. The zero-order valence-electron chi connectivity index (χ0n) is 10.4. The first-order valence-corrected chi connectivity index (χ1v) is 5.81. The van der Waals surface area contributed by atoms with Gasteiger partial charge in [-0.2, -0.15) is 0 Å². The molecule has 1 fully saturated rings. The fourth-order valence-corrected chi connectivity index (χ4v) is 2.24. The van der Waals surface area contributed by atoms with E-state index in [0.29, 0.717) is 6.61 Å². The topological polar surface area (TPSA) is 62.3 Å². The van der Waals surface area contributed by atoms with Crippen LogP contribution in [-0.4, -0.2) is 31.1 Å².